The van der Waals surface area contributed by atoms with Crippen molar-refractivity contribution in [1.82, 2.24) is 19.6 Å². The third-order valence-electron chi connectivity index (χ3n) is 5.47. The second-order valence-corrected chi connectivity index (χ2v) is 7.62. The molecular weight excluding hydrogens is 362 g/mol. The average Bonchev–Trinajstić information content (AvgIpc) is 3.13. The molecule has 0 atom stereocenters. The van der Waals surface area contributed by atoms with E-state index in [0.717, 1.165) is 49.8 Å². The van der Waals surface area contributed by atoms with E-state index in [1.54, 1.807) is 10.9 Å². The second kappa shape index (κ2) is 8.59. The van der Waals surface area contributed by atoms with Gasteiger partial charge in [0.2, 0.25) is 0 Å². The van der Waals surface area contributed by atoms with E-state index in [9.17, 15) is 4.79 Å². The predicted molar refractivity (Wildman–Crippen MR) is 115 cm³/mol. The normalized spacial score (nSPS) is 15.4. The van der Waals surface area contributed by atoms with Crippen LogP contribution in [0, 0.1) is 6.92 Å². The van der Waals surface area contributed by atoms with Crippen molar-refractivity contribution in [2.45, 2.75) is 13.5 Å². The van der Waals surface area contributed by atoms with Crippen molar-refractivity contribution in [3.63, 3.8) is 0 Å². The second-order valence-electron chi connectivity index (χ2n) is 7.62. The minimum absolute atomic E-state index is 0.142. The van der Waals surface area contributed by atoms with Gasteiger partial charge in [0.15, 0.2) is 0 Å². The number of piperazine rings is 1. The van der Waals surface area contributed by atoms with Gasteiger partial charge in [0, 0.05) is 38.4 Å². The summed E-state index contributed by atoms with van der Waals surface area (Å²) in [6.07, 6.45) is 1.62. The molecular formula is C23H27N5O. The highest BCUT2D eigenvalue weighted by molar-refractivity contribution is 6.04. The first-order valence-corrected chi connectivity index (χ1v) is 10.0. The number of carbonyl (C=O) groups is 1. The summed E-state index contributed by atoms with van der Waals surface area (Å²) in [4.78, 5) is 17.6. The number of hydrogen-bond acceptors (Lipinski definition) is 4. The molecule has 29 heavy (non-hydrogen) atoms. The molecule has 150 valence electrons. The lowest BCUT2D eigenvalue weighted by molar-refractivity contribution is 0.102. The quantitative estimate of drug-likeness (QED) is 0.728. The lowest BCUT2D eigenvalue weighted by Gasteiger charge is -2.32. The highest BCUT2D eigenvalue weighted by atomic mass is 16.1. The van der Waals surface area contributed by atoms with Crippen LogP contribution in [0.25, 0.3) is 5.69 Å². The number of benzene rings is 2. The maximum absolute atomic E-state index is 12.7. The van der Waals surface area contributed by atoms with Crippen molar-refractivity contribution in [2.75, 3.05) is 38.5 Å². The van der Waals surface area contributed by atoms with Gasteiger partial charge in [0.25, 0.3) is 5.91 Å². The minimum Gasteiger partial charge on any atom is -0.322 e. The molecule has 0 saturated carbocycles. The zero-order chi connectivity index (χ0) is 20.2. The Kier molecular flexibility index (Phi) is 5.74. The molecule has 1 amide bonds. The molecule has 1 fully saturated rings. The largest absolute Gasteiger partial charge is 0.322 e. The van der Waals surface area contributed by atoms with Crippen LogP contribution in [0.1, 0.15) is 21.6 Å². The predicted octanol–water partition coefficient (Wildman–Crippen LogP) is 3.18. The summed E-state index contributed by atoms with van der Waals surface area (Å²) in [7, 11) is 2.17. The Labute approximate surface area is 171 Å². The SMILES string of the molecule is Cc1c(C(=O)Nc2ccc(CN3CCN(C)CC3)cc2)cnn1-c1ccccc1. The number of nitrogens with zero attached hydrogens (tertiary/aromatic N) is 4. The molecule has 1 aromatic heterocycles. The van der Waals surface area contributed by atoms with Crippen molar-refractivity contribution < 1.29 is 4.79 Å². The Morgan fingerprint density at radius 2 is 1.69 bits per heavy atom. The smallest absolute Gasteiger partial charge is 0.259 e. The molecule has 0 bridgehead atoms. The Balaban J connectivity index is 1.39. The van der Waals surface area contributed by atoms with Gasteiger partial charge in [0.05, 0.1) is 23.1 Å². The first-order chi connectivity index (χ1) is 14.1. The summed E-state index contributed by atoms with van der Waals surface area (Å²) in [5.41, 5.74) is 4.40. The lowest BCUT2D eigenvalue weighted by atomic mass is 10.1. The number of aromatic nitrogens is 2. The summed E-state index contributed by atoms with van der Waals surface area (Å²) in [6.45, 7) is 7.28. The van der Waals surface area contributed by atoms with E-state index in [2.05, 4.69) is 39.4 Å². The third kappa shape index (κ3) is 4.55. The van der Waals surface area contributed by atoms with Crippen molar-refractivity contribution in [3.8, 4) is 5.69 Å². The maximum Gasteiger partial charge on any atom is 0.259 e. The zero-order valence-corrected chi connectivity index (χ0v) is 17.0. The highest BCUT2D eigenvalue weighted by Crippen LogP contribution is 2.17. The molecule has 4 rings (SSSR count). The van der Waals surface area contributed by atoms with E-state index in [1.165, 1.54) is 5.56 Å². The molecule has 0 unspecified atom stereocenters. The van der Waals surface area contributed by atoms with Crippen LogP contribution in [-0.4, -0.2) is 58.7 Å². The van der Waals surface area contributed by atoms with Crippen LogP contribution in [0.2, 0.25) is 0 Å². The summed E-state index contributed by atoms with van der Waals surface area (Å²) in [5, 5.41) is 7.37. The third-order valence-corrected chi connectivity index (χ3v) is 5.47. The Morgan fingerprint density at radius 1 is 1.00 bits per heavy atom. The van der Waals surface area contributed by atoms with Gasteiger partial charge in [-0.3, -0.25) is 9.69 Å². The van der Waals surface area contributed by atoms with E-state index in [0.29, 0.717) is 5.56 Å². The number of hydrogen-bond donors (Lipinski definition) is 1. The minimum atomic E-state index is -0.142. The molecule has 1 saturated heterocycles. The molecule has 1 aliphatic rings. The molecule has 6 heteroatoms. The van der Waals surface area contributed by atoms with Gasteiger partial charge >= 0.3 is 0 Å². The monoisotopic (exact) mass is 389 g/mol. The van der Waals surface area contributed by atoms with E-state index in [-0.39, 0.29) is 5.91 Å². The summed E-state index contributed by atoms with van der Waals surface area (Å²) >= 11 is 0. The molecule has 0 radical (unpaired) electrons. The van der Waals surface area contributed by atoms with Crippen LogP contribution in [0.5, 0.6) is 0 Å². The first kappa shape index (κ1) is 19.4. The number of carbonyl (C=O) groups excluding carboxylic acids is 1. The molecule has 6 nitrogen and oxygen atoms in total. The Morgan fingerprint density at radius 3 is 2.38 bits per heavy atom. The van der Waals surface area contributed by atoms with Gasteiger partial charge < -0.3 is 10.2 Å². The zero-order valence-electron chi connectivity index (χ0n) is 17.0. The number of para-hydroxylation sites is 1. The summed E-state index contributed by atoms with van der Waals surface area (Å²) in [6, 6.07) is 18.0. The van der Waals surface area contributed by atoms with Gasteiger partial charge in [-0.2, -0.15) is 5.10 Å². The van der Waals surface area contributed by atoms with Gasteiger partial charge in [-0.05, 0) is 43.8 Å². The standard InChI is InChI=1S/C23H27N5O/c1-18-22(16-24-28(18)21-6-4-3-5-7-21)23(29)25-20-10-8-19(9-11-20)17-27-14-12-26(2)13-15-27/h3-11,16H,12-15,17H2,1-2H3,(H,25,29). The molecule has 0 aliphatic carbocycles. The van der Waals surface area contributed by atoms with Crippen LogP contribution >= 0.6 is 0 Å². The van der Waals surface area contributed by atoms with E-state index in [1.807, 2.05) is 49.4 Å². The fourth-order valence-corrected chi connectivity index (χ4v) is 3.62. The van der Waals surface area contributed by atoms with Crippen LogP contribution < -0.4 is 5.32 Å². The average molecular weight is 390 g/mol. The number of anilines is 1. The number of amides is 1. The van der Waals surface area contributed by atoms with Gasteiger partial charge in [0.1, 0.15) is 0 Å². The molecule has 1 N–H and O–H groups in total. The number of rotatable bonds is 5. The van der Waals surface area contributed by atoms with Crippen LogP contribution in [0.4, 0.5) is 5.69 Å². The van der Waals surface area contributed by atoms with E-state index < -0.39 is 0 Å². The van der Waals surface area contributed by atoms with Gasteiger partial charge in [-0.1, -0.05) is 30.3 Å². The van der Waals surface area contributed by atoms with Crippen molar-refractivity contribution in [3.05, 3.63) is 77.6 Å². The van der Waals surface area contributed by atoms with Gasteiger partial charge in [-0.25, -0.2) is 4.68 Å². The van der Waals surface area contributed by atoms with E-state index >= 15 is 0 Å². The maximum atomic E-state index is 12.7. The number of likely N-dealkylation sites (N-methyl/N-ethyl adjacent to an activating group) is 1. The fraction of sp³-hybridized carbons (Fsp3) is 0.304. The Bertz CT molecular complexity index is 957. The van der Waals surface area contributed by atoms with Gasteiger partial charge in [-0.15, -0.1) is 0 Å². The van der Waals surface area contributed by atoms with Crippen molar-refractivity contribution in [1.29, 1.82) is 0 Å². The summed E-state index contributed by atoms with van der Waals surface area (Å²) < 4.78 is 1.79. The van der Waals surface area contributed by atoms with Crippen LogP contribution in [0.15, 0.2) is 60.8 Å². The molecule has 3 aromatic rings. The van der Waals surface area contributed by atoms with Crippen LogP contribution in [0.3, 0.4) is 0 Å². The van der Waals surface area contributed by atoms with Crippen molar-refractivity contribution >= 4 is 11.6 Å². The topological polar surface area (TPSA) is 53.4 Å². The first-order valence-electron chi connectivity index (χ1n) is 10.0. The highest BCUT2D eigenvalue weighted by Gasteiger charge is 2.16. The van der Waals surface area contributed by atoms with Crippen LogP contribution in [-0.2, 0) is 6.54 Å². The Hall–Kier alpha value is -2.96. The van der Waals surface area contributed by atoms with Crippen molar-refractivity contribution in [2.24, 2.45) is 0 Å². The summed E-state index contributed by atoms with van der Waals surface area (Å²) in [5.74, 6) is -0.142. The molecule has 0 spiro atoms. The van der Waals surface area contributed by atoms with E-state index in [4.69, 9.17) is 0 Å². The molecule has 2 heterocycles. The molecule has 2 aromatic carbocycles. The fourth-order valence-electron chi connectivity index (χ4n) is 3.62. The lowest BCUT2D eigenvalue weighted by Crippen LogP contribution is -2.43. The number of nitrogens with one attached hydrogen (secondary N) is 1. The molecule has 1 aliphatic heterocycles.